The minimum atomic E-state index is -4.73. The van der Waals surface area contributed by atoms with Crippen molar-refractivity contribution < 1.29 is 22.7 Å². The third-order valence-corrected chi connectivity index (χ3v) is 4.34. The van der Waals surface area contributed by atoms with Gasteiger partial charge in [0, 0.05) is 13.6 Å². The molecule has 0 radical (unpaired) electrons. The van der Waals surface area contributed by atoms with Gasteiger partial charge < -0.3 is 15.0 Å². The van der Waals surface area contributed by atoms with Crippen LogP contribution in [0.5, 0.6) is 5.75 Å². The van der Waals surface area contributed by atoms with Crippen molar-refractivity contribution in [3.63, 3.8) is 0 Å². The number of piperidine rings is 1. The number of ether oxygens (including phenoxy) is 1. The van der Waals surface area contributed by atoms with Crippen molar-refractivity contribution in [2.45, 2.75) is 31.8 Å². The molecule has 1 fully saturated rings. The van der Waals surface area contributed by atoms with Gasteiger partial charge in [0.05, 0.1) is 12.2 Å². The number of carbonyl (C=O) groups excluding carboxylic acids is 1. The molecule has 0 saturated carbocycles. The van der Waals surface area contributed by atoms with Gasteiger partial charge >= 0.3 is 6.36 Å². The monoisotopic (exact) mass is 419 g/mol. The minimum absolute atomic E-state index is 0. The van der Waals surface area contributed by atoms with Crippen LogP contribution < -0.4 is 10.1 Å². The van der Waals surface area contributed by atoms with Crippen molar-refractivity contribution in [3.8, 4) is 5.75 Å². The standard InChI is InChI=1S/C17H20F3N5O2.ClH/c1-24(10-12-2-4-14(5-3-12)27-17(18,19)20)16(26)15-11-25(23-22-15)13-6-8-21-9-7-13;/h2-5,11,13,21H,6-10H2,1H3;1H. The number of hydrogen-bond donors (Lipinski definition) is 1. The molecule has 1 N–H and O–H groups in total. The van der Waals surface area contributed by atoms with Gasteiger partial charge in [-0.25, -0.2) is 4.68 Å². The van der Waals surface area contributed by atoms with E-state index in [1.54, 1.807) is 17.9 Å². The lowest BCUT2D eigenvalue weighted by Gasteiger charge is -2.22. The number of carbonyl (C=O) groups is 1. The quantitative estimate of drug-likeness (QED) is 0.806. The summed E-state index contributed by atoms with van der Waals surface area (Å²) in [5.74, 6) is -0.601. The summed E-state index contributed by atoms with van der Waals surface area (Å²) in [6.45, 7) is 2.04. The topological polar surface area (TPSA) is 72.3 Å². The van der Waals surface area contributed by atoms with Crippen molar-refractivity contribution >= 4 is 18.3 Å². The van der Waals surface area contributed by atoms with Crippen molar-refractivity contribution in [1.82, 2.24) is 25.2 Å². The fraction of sp³-hybridized carbons (Fsp3) is 0.471. The first-order chi connectivity index (χ1) is 12.8. The van der Waals surface area contributed by atoms with Crippen molar-refractivity contribution in [3.05, 3.63) is 41.7 Å². The highest BCUT2D eigenvalue weighted by Gasteiger charge is 2.31. The van der Waals surface area contributed by atoms with Crippen LogP contribution in [0.3, 0.4) is 0 Å². The van der Waals surface area contributed by atoms with Gasteiger partial charge in [-0.15, -0.1) is 30.7 Å². The van der Waals surface area contributed by atoms with E-state index in [0.29, 0.717) is 5.56 Å². The first-order valence-corrected chi connectivity index (χ1v) is 8.54. The zero-order valence-corrected chi connectivity index (χ0v) is 16.0. The number of nitrogens with zero attached hydrogens (tertiary/aromatic N) is 4. The Kier molecular flexibility index (Phi) is 7.25. The molecule has 28 heavy (non-hydrogen) atoms. The highest BCUT2D eigenvalue weighted by molar-refractivity contribution is 5.91. The maximum Gasteiger partial charge on any atom is 0.573 e. The second kappa shape index (κ2) is 9.24. The summed E-state index contributed by atoms with van der Waals surface area (Å²) in [7, 11) is 1.60. The summed E-state index contributed by atoms with van der Waals surface area (Å²) >= 11 is 0. The Bertz CT molecular complexity index is 776. The number of aromatic nitrogens is 3. The van der Waals surface area contributed by atoms with Crippen molar-refractivity contribution in [1.29, 1.82) is 0 Å². The number of halogens is 4. The Balaban J connectivity index is 0.00000280. The second-order valence-corrected chi connectivity index (χ2v) is 6.42. The number of hydrogen-bond acceptors (Lipinski definition) is 5. The summed E-state index contributed by atoms with van der Waals surface area (Å²) < 4.78 is 42.1. The van der Waals surface area contributed by atoms with Crippen LogP contribution in [-0.4, -0.2) is 52.3 Å². The van der Waals surface area contributed by atoms with E-state index in [1.165, 1.54) is 29.2 Å². The molecule has 1 amide bonds. The SMILES string of the molecule is CN(Cc1ccc(OC(F)(F)F)cc1)C(=O)c1cn(C2CCNCC2)nn1.Cl. The summed E-state index contributed by atoms with van der Waals surface area (Å²) in [5.41, 5.74) is 0.916. The molecule has 0 bridgehead atoms. The summed E-state index contributed by atoms with van der Waals surface area (Å²) in [6.07, 6.45) is -1.22. The molecule has 0 spiro atoms. The Morgan fingerprint density at radius 3 is 2.54 bits per heavy atom. The molecule has 0 atom stereocenters. The first kappa shape index (κ1) is 22.0. The minimum Gasteiger partial charge on any atom is -0.406 e. The molecule has 2 aromatic rings. The molecular weight excluding hydrogens is 399 g/mol. The number of benzene rings is 1. The van der Waals surface area contributed by atoms with Gasteiger partial charge in [0.15, 0.2) is 5.69 Å². The van der Waals surface area contributed by atoms with Gasteiger partial charge in [-0.3, -0.25) is 4.79 Å². The molecule has 11 heteroatoms. The fourth-order valence-corrected chi connectivity index (χ4v) is 2.96. The predicted molar refractivity (Wildman–Crippen MR) is 97.3 cm³/mol. The lowest BCUT2D eigenvalue weighted by molar-refractivity contribution is -0.274. The third kappa shape index (κ3) is 5.83. The van der Waals surface area contributed by atoms with Gasteiger partial charge in [0.25, 0.3) is 5.91 Å². The van der Waals surface area contributed by atoms with Crippen LogP contribution in [0.4, 0.5) is 13.2 Å². The largest absolute Gasteiger partial charge is 0.573 e. The van der Waals surface area contributed by atoms with Crippen molar-refractivity contribution in [2.75, 3.05) is 20.1 Å². The van der Waals surface area contributed by atoms with E-state index in [-0.39, 0.29) is 42.3 Å². The van der Waals surface area contributed by atoms with E-state index in [0.717, 1.165) is 25.9 Å². The number of nitrogens with one attached hydrogen (secondary N) is 1. The van der Waals surface area contributed by atoms with Crippen LogP contribution in [0.15, 0.2) is 30.5 Å². The van der Waals surface area contributed by atoms with Gasteiger partial charge in [-0.2, -0.15) is 0 Å². The Morgan fingerprint density at radius 2 is 1.93 bits per heavy atom. The fourth-order valence-electron chi connectivity index (χ4n) is 2.96. The molecule has 154 valence electrons. The number of amides is 1. The lowest BCUT2D eigenvalue weighted by Crippen LogP contribution is -2.29. The molecule has 1 aliphatic heterocycles. The maximum atomic E-state index is 12.5. The summed E-state index contributed by atoms with van der Waals surface area (Å²) in [4.78, 5) is 14.0. The smallest absolute Gasteiger partial charge is 0.406 e. The third-order valence-electron chi connectivity index (χ3n) is 4.34. The number of rotatable bonds is 5. The van der Waals surface area contributed by atoms with Crippen molar-refractivity contribution in [2.24, 2.45) is 0 Å². The predicted octanol–water partition coefficient (Wildman–Crippen LogP) is 2.80. The van der Waals surface area contributed by atoms with E-state index in [1.807, 2.05) is 0 Å². The molecule has 0 aliphatic carbocycles. The second-order valence-electron chi connectivity index (χ2n) is 6.42. The molecule has 3 rings (SSSR count). The van der Waals surface area contributed by atoms with Crippen LogP contribution in [0.2, 0.25) is 0 Å². The molecule has 1 aromatic heterocycles. The Labute approximate surface area is 166 Å². The zero-order chi connectivity index (χ0) is 19.4. The molecule has 0 unspecified atom stereocenters. The Hall–Kier alpha value is -2.33. The lowest BCUT2D eigenvalue weighted by atomic mass is 10.1. The van der Waals surface area contributed by atoms with Gasteiger partial charge in [-0.1, -0.05) is 17.3 Å². The van der Waals surface area contributed by atoms with Crippen LogP contribution in [-0.2, 0) is 6.54 Å². The molecule has 1 aliphatic rings. The van der Waals surface area contributed by atoms with E-state index in [2.05, 4.69) is 20.4 Å². The van der Waals surface area contributed by atoms with E-state index < -0.39 is 6.36 Å². The molecule has 7 nitrogen and oxygen atoms in total. The van der Waals surface area contributed by atoms with Gasteiger partial charge in [0.1, 0.15) is 5.75 Å². The van der Waals surface area contributed by atoms with E-state index in [4.69, 9.17) is 0 Å². The average Bonchev–Trinajstić information content (AvgIpc) is 3.12. The van der Waals surface area contributed by atoms with Crippen LogP contribution in [0.1, 0.15) is 34.9 Å². The van der Waals surface area contributed by atoms with Gasteiger partial charge in [0.2, 0.25) is 0 Å². The zero-order valence-electron chi connectivity index (χ0n) is 15.1. The molecule has 1 saturated heterocycles. The van der Waals surface area contributed by atoms with Crippen LogP contribution in [0.25, 0.3) is 0 Å². The highest BCUT2D eigenvalue weighted by atomic mass is 35.5. The highest BCUT2D eigenvalue weighted by Crippen LogP contribution is 2.23. The summed E-state index contributed by atoms with van der Waals surface area (Å²) in [5, 5.41) is 11.3. The first-order valence-electron chi connectivity index (χ1n) is 8.54. The van der Waals surface area contributed by atoms with Crippen LogP contribution in [0, 0.1) is 0 Å². The normalized spacial score (nSPS) is 15.0. The van der Waals surface area contributed by atoms with E-state index in [9.17, 15) is 18.0 Å². The molecule has 1 aromatic carbocycles. The maximum absolute atomic E-state index is 12.5. The Morgan fingerprint density at radius 1 is 1.29 bits per heavy atom. The molecular formula is C17H21ClF3N5O2. The van der Waals surface area contributed by atoms with Crippen LogP contribution >= 0.6 is 12.4 Å². The number of alkyl halides is 3. The molecule has 2 heterocycles. The van der Waals surface area contributed by atoms with Gasteiger partial charge in [-0.05, 0) is 43.6 Å². The van der Waals surface area contributed by atoms with E-state index >= 15 is 0 Å². The average molecular weight is 420 g/mol. The summed E-state index contributed by atoms with van der Waals surface area (Å²) in [6, 6.07) is 5.63.